The number of nitrogens with zero attached hydrogens (tertiary/aromatic N) is 1. The summed E-state index contributed by atoms with van der Waals surface area (Å²) in [7, 11) is -3.54. The minimum absolute atomic E-state index is 0.132. The molecule has 1 amide bonds. The second kappa shape index (κ2) is 7.21. The number of hydrogen-bond donors (Lipinski definition) is 1. The van der Waals surface area contributed by atoms with E-state index >= 15 is 0 Å². The molecule has 1 aromatic carbocycles. The lowest BCUT2D eigenvalue weighted by atomic mass is 10.2. The first-order valence-electron chi connectivity index (χ1n) is 6.46. The molecule has 0 aromatic heterocycles. The number of benzene rings is 1. The number of carbonyl (C=O) groups excluding carboxylic acids is 1. The molecule has 0 aliphatic carbocycles. The van der Waals surface area contributed by atoms with Crippen molar-refractivity contribution in [3.63, 3.8) is 0 Å². The Bertz CT molecular complexity index is 578. The van der Waals surface area contributed by atoms with Crippen molar-refractivity contribution >= 4 is 15.9 Å². The van der Waals surface area contributed by atoms with Gasteiger partial charge in [0.15, 0.2) is 0 Å². The van der Waals surface area contributed by atoms with Crippen molar-refractivity contribution < 1.29 is 13.2 Å². The van der Waals surface area contributed by atoms with Crippen LogP contribution < -0.4 is 5.32 Å². The molecule has 0 spiro atoms. The lowest BCUT2D eigenvalue weighted by Crippen LogP contribution is -2.31. The summed E-state index contributed by atoms with van der Waals surface area (Å²) < 4.78 is 26.1. The Labute approximate surface area is 120 Å². The third kappa shape index (κ3) is 3.68. The monoisotopic (exact) mass is 296 g/mol. The molecule has 1 aromatic rings. The first-order chi connectivity index (χ1) is 9.47. The van der Waals surface area contributed by atoms with Crippen LogP contribution in [0.25, 0.3) is 0 Å². The van der Waals surface area contributed by atoms with Crippen LogP contribution in [0.3, 0.4) is 0 Å². The highest BCUT2D eigenvalue weighted by molar-refractivity contribution is 7.89. The zero-order valence-electron chi connectivity index (χ0n) is 11.8. The van der Waals surface area contributed by atoms with Crippen molar-refractivity contribution in [1.82, 2.24) is 9.62 Å². The summed E-state index contributed by atoms with van der Waals surface area (Å²) >= 11 is 0. The van der Waals surface area contributed by atoms with Gasteiger partial charge in [-0.3, -0.25) is 4.79 Å². The Balaban J connectivity index is 3.10. The lowest BCUT2D eigenvalue weighted by Gasteiger charge is -2.18. The molecule has 6 heteroatoms. The van der Waals surface area contributed by atoms with Crippen LogP contribution >= 0.6 is 0 Å². The van der Waals surface area contributed by atoms with Gasteiger partial charge in [0.2, 0.25) is 10.0 Å². The van der Waals surface area contributed by atoms with Crippen LogP contribution in [0.15, 0.2) is 41.8 Å². The van der Waals surface area contributed by atoms with Crippen molar-refractivity contribution in [2.24, 2.45) is 0 Å². The summed E-state index contributed by atoms with van der Waals surface area (Å²) in [6.07, 6.45) is 1.56. The SMILES string of the molecule is C=CCNC(=O)c1cccc(S(=O)(=O)N(CC)CC)c1. The Morgan fingerprint density at radius 1 is 1.35 bits per heavy atom. The first kappa shape index (κ1) is 16.4. The van der Waals surface area contributed by atoms with E-state index in [-0.39, 0.29) is 10.8 Å². The molecule has 20 heavy (non-hydrogen) atoms. The fourth-order valence-corrected chi connectivity index (χ4v) is 3.28. The highest BCUT2D eigenvalue weighted by Gasteiger charge is 2.22. The van der Waals surface area contributed by atoms with Gasteiger partial charge in [-0.2, -0.15) is 4.31 Å². The summed E-state index contributed by atoms with van der Waals surface area (Å²) in [4.78, 5) is 12.0. The molecular weight excluding hydrogens is 276 g/mol. The predicted octanol–water partition coefficient (Wildman–Crippen LogP) is 1.63. The molecule has 0 fully saturated rings. The van der Waals surface area contributed by atoms with E-state index in [2.05, 4.69) is 11.9 Å². The molecule has 5 nitrogen and oxygen atoms in total. The van der Waals surface area contributed by atoms with Crippen molar-refractivity contribution in [3.05, 3.63) is 42.5 Å². The standard InChI is InChI=1S/C14H20N2O3S/c1-4-10-15-14(17)12-8-7-9-13(11-12)20(18,19)16(5-2)6-3/h4,7-9,11H,1,5-6,10H2,2-3H3,(H,15,17). The van der Waals surface area contributed by atoms with Gasteiger partial charge < -0.3 is 5.32 Å². The molecule has 0 saturated carbocycles. The average Bonchev–Trinajstić information content (AvgIpc) is 2.46. The smallest absolute Gasteiger partial charge is 0.251 e. The molecule has 0 saturated heterocycles. The highest BCUT2D eigenvalue weighted by atomic mass is 32.2. The Morgan fingerprint density at radius 3 is 2.55 bits per heavy atom. The van der Waals surface area contributed by atoms with E-state index in [1.165, 1.54) is 16.4 Å². The summed E-state index contributed by atoms with van der Waals surface area (Å²) in [6.45, 7) is 8.20. The fraction of sp³-hybridized carbons (Fsp3) is 0.357. The van der Waals surface area contributed by atoms with Gasteiger partial charge in [-0.1, -0.05) is 26.0 Å². The molecule has 1 rings (SSSR count). The highest BCUT2D eigenvalue weighted by Crippen LogP contribution is 2.16. The fourth-order valence-electron chi connectivity index (χ4n) is 1.78. The van der Waals surface area contributed by atoms with E-state index in [0.717, 1.165) is 0 Å². The van der Waals surface area contributed by atoms with E-state index in [9.17, 15) is 13.2 Å². The normalized spacial score (nSPS) is 11.3. The van der Waals surface area contributed by atoms with Crippen molar-refractivity contribution in [1.29, 1.82) is 0 Å². The van der Waals surface area contributed by atoms with Gasteiger partial charge in [-0.15, -0.1) is 6.58 Å². The van der Waals surface area contributed by atoms with Crippen LogP contribution in [0.2, 0.25) is 0 Å². The van der Waals surface area contributed by atoms with Crippen molar-refractivity contribution in [2.75, 3.05) is 19.6 Å². The van der Waals surface area contributed by atoms with Crippen molar-refractivity contribution in [2.45, 2.75) is 18.7 Å². The Kier molecular flexibility index (Phi) is 5.91. The van der Waals surface area contributed by atoms with Crippen LogP contribution in [-0.2, 0) is 10.0 Å². The van der Waals surface area contributed by atoms with Crippen LogP contribution in [-0.4, -0.2) is 38.3 Å². The largest absolute Gasteiger partial charge is 0.349 e. The number of nitrogens with one attached hydrogen (secondary N) is 1. The Hall–Kier alpha value is -1.66. The topological polar surface area (TPSA) is 66.5 Å². The zero-order chi connectivity index (χ0) is 15.2. The minimum Gasteiger partial charge on any atom is -0.349 e. The number of sulfonamides is 1. The number of hydrogen-bond acceptors (Lipinski definition) is 3. The molecule has 110 valence electrons. The van der Waals surface area contributed by atoms with Crippen LogP contribution in [0.5, 0.6) is 0 Å². The van der Waals surface area contributed by atoms with E-state index < -0.39 is 10.0 Å². The number of amides is 1. The molecule has 0 aliphatic rings. The maximum Gasteiger partial charge on any atom is 0.251 e. The molecule has 0 bridgehead atoms. The van der Waals surface area contributed by atoms with Crippen LogP contribution in [0.1, 0.15) is 24.2 Å². The number of rotatable bonds is 7. The molecule has 1 N–H and O–H groups in total. The summed E-state index contributed by atoms with van der Waals surface area (Å²) in [5.74, 6) is -0.318. The van der Waals surface area contributed by atoms with Gasteiger partial charge in [0.05, 0.1) is 4.90 Å². The zero-order valence-corrected chi connectivity index (χ0v) is 12.6. The first-order valence-corrected chi connectivity index (χ1v) is 7.90. The molecule has 0 heterocycles. The third-order valence-corrected chi connectivity index (χ3v) is 4.89. The van der Waals surface area contributed by atoms with Gasteiger partial charge in [-0.05, 0) is 18.2 Å². The lowest BCUT2D eigenvalue weighted by molar-refractivity contribution is 0.0958. The van der Waals surface area contributed by atoms with Gasteiger partial charge in [0.1, 0.15) is 0 Å². The number of carbonyl (C=O) groups is 1. The quantitative estimate of drug-likeness (QED) is 0.778. The molecule has 0 atom stereocenters. The van der Waals surface area contributed by atoms with E-state index in [1.807, 2.05) is 0 Å². The van der Waals surface area contributed by atoms with Gasteiger partial charge in [0, 0.05) is 25.2 Å². The summed E-state index contributed by atoms with van der Waals surface area (Å²) in [5.41, 5.74) is 0.320. The van der Waals surface area contributed by atoms with Gasteiger partial charge in [-0.25, -0.2) is 8.42 Å². The summed E-state index contributed by atoms with van der Waals surface area (Å²) in [5, 5.41) is 2.62. The maximum atomic E-state index is 12.4. The molecule has 0 unspecified atom stereocenters. The van der Waals surface area contributed by atoms with E-state index in [0.29, 0.717) is 25.2 Å². The third-order valence-electron chi connectivity index (χ3n) is 2.85. The molecule has 0 aliphatic heterocycles. The van der Waals surface area contributed by atoms with Gasteiger partial charge >= 0.3 is 0 Å². The molecule has 0 radical (unpaired) electrons. The van der Waals surface area contributed by atoms with Crippen LogP contribution in [0.4, 0.5) is 0 Å². The van der Waals surface area contributed by atoms with Crippen molar-refractivity contribution in [3.8, 4) is 0 Å². The van der Waals surface area contributed by atoms with E-state index in [4.69, 9.17) is 0 Å². The maximum absolute atomic E-state index is 12.4. The van der Waals surface area contributed by atoms with E-state index in [1.54, 1.807) is 32.1 Å². The average molecular weight is 296 g/mol. The predicted molar refractivity (Wildman–Crippen MR) is 79.1 cm³/mol. The molecular formula is C14H20N2O3S. The Morgan fingerprint density at radius 2 is 2.00 bits per heavy atom. The minimum atomic E-state index is -3.54. The second-order valence-corrected chi connectivity index (χ2v) is 6.05. The summed E-state index contributed by atoms with van der Waals surface area (Å²) in [6, 6.07) is 6.04. The van der Waals surface area contributed by atoms with Gasteiger partial charge in [0.25, 0.3) is 5.91 Å². The second-order valence-electron chi connectivity index (χ2n) is 4.12. The van der Waals surface area contributed by atoms with Crippen LogP contribution in [0, 0.1) is 0 Å².